The monoisotopic (exact) mass is 284 g/mol. The smallest absolute Gasteiger partial charge is 0.220 e. The molecule has 0 saturated carbocycles. The lowest BCUT2D eigenvalue weighted by Crippen LogP contribution is -2.26. The molecule has 0 fully saturated rings. The van der Waals surface area contributed by atoms with E-state index in [-0.39, 0.29) is 11.7 Å². The second-order valence-electron chi connectivity index (χ2n) is 5.07. The van der Waals surface area contributed by atoms with Crippen LogP contribution < -0.4 is 5.32 Å². The number of amides is 1. The van der Waals surface area contributed by atoms with Crippen LogP contribution in [0.4, 0.5) is 0 Å². The summed E-state index contributed by atoms with van der Waals surface area (Å²) in [4.78, 5) is 15.8. The number of hydrogen-bond acceptors (Lipinski definition) is 3. The number of carbonyl (C=O) groups is 1. The highest BCUT2D eigenvalue weighted by Crippen LogP contribution is 2.11. The third-order valence-corrected chi connectivity index (χ3v) is 3.43. The fraction of sp³-hybridized carbons (Fsp3) is 0.294. The van der Waals surface area contributed by atoms with Crippen LogP contribution in [0.25, 0.3) is 0 Å². The number of aryl methyl sites for hydroxylation is 2. The Morgan fingerprint density at radius 3 is 2.67 bits per heavy atom. The van der Waals surface area contributed by atoms with Crippen LogP contribution in [0.2, 0.25) is 0 Å². The topological polar surface area (TPSA) is 62.2 Å². The van der Waals surface area contributed by atoms with Crippen LogP contribution in [0.3, 0.4) is 0 Å². The van der Waals surface area contributed by atoms with Crippen molar-refractivity contribution in [2.75, 3.05) is 6.54 Å². The maximum absolute atomic E-state index is 11.8. The first-order valence-electron chi connectivity index (χ1n) is 7.09. The molecule has 0 unspecified atom stereocenters. The van der Waals surface area contributed by atoms with Gasteiger partial charge >= 0.3 is 0 Å². The highest BCUT2D eigenvalue weighted by atomic mass is 16.3. The van der Waals surface area contributed by atoms with Crippen molar-refractivity contribution in [3.05, 3.63) is 59.4 Å². The van der Waals surface area contributed by atoms with Gasteiger partial charge in [0.1, 0.15) is 5.75 Å². The standard InChI is InChI=1S/C17H20N2O2/c1-13-12-18-10-8-15(13)9-11-19-17(21)7-4-14-2-5-16(20)6-3-14/h2-3,5-6,8,10,12,20H,4,7,9,11H2,1H3,(H,19,21). The minimum Gasteiger partial charge on any atom is -0.508 e. The van der Waals surface area contributed by atoms with E-state index in [1.54, 1.807) is 18.3 Å². The van der Waals surface area contributed by atoms with Crippen LogP contribution in [0.15, 0.2) is 42.7 Å². The number of hydrogen-bond donors (Lipinski definition) is 2. The second-order valence-corrected chi connectivity index (χ2v) is 5.07. The van der Waals surface area contributed by atoms with Crippen LogP contribution in [0, 0.1) is 6.92 Å². The van der Waals surface area contributed by atoms with E-state index < -0.39 is 0 Å². The first kappa shape index (κ1) is 15.0. The van der Waals surface area contributed by atoms with E-state index in [2.05, 4.69) is 10.3 Å². The number of benzene rings is 1. The number of phenols is 1. The third kappa shape index (κ3) is 4.91. The Hall–Kier alpha value is -2.36. The number of nitrogens with zero attached hydrogens (tertiary/aromatic N) is 1. The molecular weight excluding hydrogens is 264 g/mol. The number of phenolic OH excluding ortho intramolecular Hbond substituents is 1. The molecule has 4 nitrogen and oxygen atoms in total. The lowest BCUT2D eigenvalue weighted by Gasteiger charge is -2.07. The van der Waals surface area contributed by atoms with E-state index in [0.29, 0.717) is 19.4 Å². The highest BCUT2D eigenvalue weighted by Gasteiger charge is 2.03. The Bertz CT molecular complexity index is 594. The van der Waals surface area contributed by atoms with Gasteiger partial charge in [0.25, 0.3) is 0 Å². The zero-order valence-corrected chi connectivity index (χ0v) is 12.2. The largest absolute Gasteiger partial charge is 0.508 e. The Labute approximate surface area is 124 Å². The van der Waals surface area contributed by atoms with Gasteiger partial charge in [-0.15, -0.1) is 0 Å². The lowest BCUT2D eigenvalue weighted by molar-refractivity contribution is -0.121. The van der Waals surface area contributed by atoms with Gasteiger partial charge in [0.15, 0.2) is 0 Å². The molecule has 4 heteroatoms. The van der Waals surface area contributed by atoms with E-state index in [0.717, 1.165) is 17.5 Å². The Kier molecular flexibility index (Phi) is 5.32. The minimum atomic E-state index is 0.0507. The molecule has 0 spiro atoms. The van der Waals surface area contributed by atoms with E-state index in [9.17, 15) is 9.90 Å². The molecule has 110 valence electrons. The average molecular weight is 284 g/mol. The van der Waals surface area contributed by atoms with Gasteiger partial charge < -0.3 is 10.4 Å². The maximum atomic E-state index is 11.8. The summed E-state index contributed by atoms with van der Waals surface area (Å²) in [6, 6.07) is 8.93. The van der Waals surface area contributed by atoms with Crippen molar-refractivity contribution in [1.29, 1.82) is 0 Å². The molecule has 0 atom stereocenters. The number of pyridine rings is 1. The fourth-order valence-electron chi connectivity index (χ4n) is 2.13. The Morgan fingerprint density at radius 2 is 1.95 bits per heavy atom. The normalized spacial score (nSPS) is 10.3. The van der Waals surface area contributed by atoms with E-state index in [1.165, 1.54) is 5.56 Å². The zero-order valence-electron chi connectivity index (χ0n) is 12.2. The van der Waals surface area contributed by atoms with Crippen LogP contribution in [-0.4, -0.2) is 22.5 Å². The lowest BCUT2D eigenvalue weighted by atomic mass is 10.1. The summed E-state index contributed by atoms with van der Waals surface area (Å²) in [5.41, 5.74) is 3.41. The predicted molar refractivity (Wildman–Crippen MR) is 82.1 cm³/mol. The maximum Gasteiger partial charge on any atom is 0.220 e. The van der Waals surface area contributed by atoms with Gasteiger partial charge in [-0.3, -0.25) is 9.78 Å². The van der Waals surface area contributed by atoms with Crippen LogP contribution in [-0.2, 0) is 17.6 Å². The molecule has 1 amide bonds. The minimum absolute atomic E-state index is 0.0507. The van der Waals surface area contributed by atoms with Crippen LogP contribution in [0.1, 0.15) is 23.1 Å². The summed E-state index contributed by atoms with van der Waals surface area (Å²) in [6.45, 7) is 2.66. The average Bonchev–Trinajstić information content (AvgIpc) is 2.49. The van der Waals surface area contributed by atoms with Gasteiger partial charge in [-0.05, 0) is 54.7 Å². The van der Waals surface area contributed by atoms with Gasteiger partial charge in [0, 0.05) is 25.4 Å². The molecule has 1 aromatic carbocycles. The number of aromatic nitrogens is 1. The SMILES string of the molecule is Cc1cnccc1CCNC(=O)CCc1ccc(O)cc1. The summed E-state index contributed by atoms with van der Waals surface area (Å²) in [5, 5.41) is 12.1. The molecule has 0 aliphatic heterocycles. The van der Waals surface area contributed by atoms with Gasteiger partial charge in [-0.25, -0.2) is 0 Å². The molecule has 0 bridgehead atoms. The van der Waals surface area contributed by atoms with Crippen molar-refractivity contribution < 1.29 is 9.90 Å². The van der Waals surface area contributed by atoms with Gasteiger partial charge in [0.05, 0.1) is 0 Å². The molecule has 1 aromatic heterocycles. The summed E-state index contributed by atoms with van der Waals surface area (Å²) >= 11 is 0. The van der Waals surface area contributed by atoms with Crippen molar-refractivity contribution in [3.8, 4) is 5.75 Å². The molecule has 2 rings (SSSR count). The number of rotatable bonds is 6. The predicted octanol–water partition coefficient (Wildman–Crippen LogP) is 2.39. The summed E-state index contributed by atoms with van der Waals surface area (Å²) in [5.74, 6) is 0.297. The third-order valence-electron chi connectivity index (χ3n) is 3.43. The van der Waals surface area contributed by atoms with Crippen molar-refractivity contribution in [1.82, 2.24) is 10.3 Å². The number of nitrogens with one attached hydrogen (secondary N) is 1. The van der Waals surface area contributed by atoms with Crippen molar-refractivity contribution in [2.45, 2.75) is 26.2 Å². The van der Waals surface area contributed by atoms with E-state index in [4.69, 9.17) is 0 Å². The quantitative estimate of drug-likeness (QED) is 0.856. The Balaban J connectivity index is 1.70. The fourth-order valence-corrected chi connectivity index (χ4v) is 2.13. The summed E-state index contributed by atoms with van der Waals surface area (Å²) in [7, 11) is 0. The molecule has 0 aliphatic rings. The molecular formula is C17H20N2O2. The molecule has 0 aliphatic carbocycles. The van der Waals surface area contributed by atoms with E-state index in [1.807, 2.05) is 31.3 Å². The van der Waals surface area contributed by atoms with Crippen LogP contribution >= 0.6 is 0 Å². The number of aromatic hydroxyl groups is 1. The molecule has 0 radical (unpaired) electrons. The van der Waals surface area contributed by atoms with Crippen molar-refractivity contribution in [2.24, 2.45) is 0 Å². The first-order chi connectivity index (χ1) is 10.1. The molecule has 21 heavy (non-hydrogen) atoms. The van der Waals surface area contributed by atoms with Gasteiger partial charge in [-0.1, -0.05) is 12.1 Å². The van der Waals surface area contributed by atoms with Crippen LogP contribution in [0.5, 0.6) is 5.75 Å². The summed E-state index contributed by atoms with van der Waals surface area (Å²) in [6.07, 6.45) is 5.57. The molecule has 0 saturated heterocycles. The molecule has 2 aromatic rings. The molecule has 2 N–H and O–H groups in total. The van der Waals surface area contributed by atoms with Gasteiger partial charge in [0.2, 0.25) is 5.91 Å². The zero-order chi connectivity index (χ0) is 15.1. The summed E-state index contributed by atoms with van der Waals surface area (Å²) < 4.78 is 0. The highest BCUT2D eigenvalue weighted by molar-refractivity contribution is 5.76. The number of carbonyl (C=O) groups excluding carboxylic acids is 1. The van der Waals surface area contributed by atoms with Crippen molar-refractivity contribution in [3.63, 3.8) is 0 Å². The van der Waals surface area contributed by atoms with Crippen molar-refractivity contribution >= 4 is 5.91 Å². The Morgan fingerprint density at radius 1 is 1.19 bits per heavy atom. The van der Waals surface area contributed by atoms with Gasteiger partial charge in [-0.2, -0.15) is 0 Å². The van der Waals surface area contributed by atoms with E-state index >= 15 is 0 Å². The first-order valence-corrected chi connectivity index (χ1v) is 7.09. The second kappa shape index (κ2) is 7.43. The molecule has 1 heterocycles.